The predicted molar refractivity (Wildman–Crippen MR) is 115 cm³/mol. The van der Waals surface area contributed by atoms with Crippen molar-refractivity contribution in [2.75, 3.05) is 27.3 Å². The number of piperidine rings is 1. The van der Waals surface area contributed by atoms with Crippen molar-refractivity contribution in [2.24, 2.45) is 0 Å². The minimum Gasteiger partial charge on any atom is -0.497 e. The second kappa shape index (κ2) is 8.68. The summed E-state index contributed by atoms with van der Waals surface area (Å²) in [7, 11) is -0.772. The summed E-state index contributed by atoms with van der Waals surface area (Å²) in [5.74, 6) is 1.87. The van der Waals surface area contributed by atoms with Crippen LogP contribution in [0.15, 0.2) is 51.9 Å². The molecule has 1 fully saturated rings. The monoisotopic (exact) mass is 443 g/mol. The summed E-state index contributed by atoms with van der Waals surface area (Å²) in [5.41, 5.74) is 2.06. The number of benzene rings is 2. The predicted octanol–water partition coefficient (Wildman–Crippen LogP) is 3.63. The molecule has 0 aliphatic carbocycles. The van der Waals surface area contributed by atoms with E-state index >= 15 is 0 Å². The molecule has 3 aromatic rings. The molecule has 4 rings (SSSR count). The molecule has 8 nitrogen and oxygen atoms in total. The van der Waals surface area contributed by atoms with Gasteiger partial charge in [0.15, 0.2) is 0 Å². The van der Waals surface area contributed by atoms with Crippen LogP contribution in [0, 0.1) is 6.92 Å². The van der Waals surface area contributed by atoms with Gasteiger partial charge in [-0.2, -0.15) is 9.29 Å². The van der Waals surface area contributed by atoms with Crippen molar-refractivity contribution in [3.8, 4) is 22.9 Å². The molecule has 0 amide bonds. The first kappa shape index (κ1) is 21.3. The molecule has 0 radical (unpaired) electrons. The Bertz CT molecular complexity index is 1150. The third-order valence-corrected chi connectivity index (χ3v) is 7.46. The Morgan fingerprint density at radius 3 is 2.39 bits per heavy atom. The van der Waals surface area contributed by atoms with Crippen LogP contribution in [-0.2, 0) is 10.0 Å². The van der Waals surface area contributed by atoms with Crippen LogP contribution in [0.4, 0.5) is 0 Å². The highest BCUT2D eigenvalue weighted by atomic mass is 32.2. The van der Waals surface area contributed by atoms with Crippen LogP contribution < -0.4 is 9.47 Å². The zero-order valence-electron chi connectivity index (χ0n) is 17.7. The molecule has 2 heterocycles. The van der Waals surface area contributed by atoms with Gasteiger partial charge >= 0.3 is 0 Å². The average Bonchev–Trinajstić information content (AvgIpc) is 3.29. The maximum atomic E-state index is 13.2. The highest BCUT2D eigenvalue weighted by Crippen LogP contribution is 2.35. The van der Waals surface area contributed by atoms with Crippen molar-refractivity contribution in [3.05, 3.63) is 53.9 Å². The van der Waals surface area contributed by atoms with Gasteiger partial charge < -0.3 is 14.0 Å². The Morgan fingerprint density at radius 1 is 1.03 bits per heavy atom. The van der Waals surface area contributed by atoms with Crippen LogP contribution in [0.3, 0.4) is 0 Å². The van der Waals surface area contributed by atoms with Gasteiger partial charge in [0.05, 0.1) is 14.2 Å². The van der Waals surface area contributed by atoms with Crippen molar-refractivity contribution in [3.63, 3.8) is 0 Å². The Kier molecular flexibility index (Phi) is 5.97. The summed E-state index contributed by atoms with van der Waals surface area (Å²) in [5, 5.41) is 4.10. The molecule has 164 valence electrons. The van der Waals surface area contributed by atoms with E-state index in [0.717, 1.165) is 11.1 Å². The largest absolute Gasteiger partial charge is 0.497 e. The lowest BCUT2D eigenvalue weighted by Crippen LogP contribution is -2.38. The lowest BCUT2D eigenvalue weighted by Gasteiger charge is -2.30. The zero-order chi connectivity index (χ0) is 22.0. The third-order valence-electron chi connectivity index (χ3n) is 5.54. The Hall–Kier alpha value is -2.91. The first-order chi connectivity index (χ1) is 14.9. The number of aryl methyl sites for hydroxylation is 1. The average molecular weight is 444 g/mol. The fourth-order valence-corrected chi connectivity index (χ4v) is 5.33. The van der Waals surface area contributed by atoms with Crippen molar-refractivity contribution in [2.45, 2.75) is 30.6 Å². The fraction of sp³-hybridized carbons (Fsp3) is 0.364. The van der Waals surface area contributed by atoms with Gasteiger partial charge in [0.1, 0.15) is 16.4 Å². The number of nitrogens with zero attached hydrogens (tertiary/aromatic N) is 3. The van der Waals surface area contributed by atoms with Crippen molar-refractivity contribution in [1.29, 1.82) is 0 Å². The molecule has 31 heavy (non-hydrogen) atoms. The van der Waals surface area contributed by atoms with E-state index in [9.17, 15) is 8.42 Å². The van der Waals surface area contributed by atoms with Gasteiger partial charge in [-0.15, -0.1) is 0 Å². The molecule has 0 saturated carbocycles. The Balaban J connectivity index is 1.48. The number of methoxy groups -OCH3 is 2. The van der Waals surface area contributed by atoms with E-state index in [-0.39, 0.29) is 10.8 Å². The fourth-order valence-electron chi connectivity index (χ4n) is 3.69. The Labute approximate surface area is 181 Å². The molecule has 0 bridgehead atoms. The van der Waals surface area contributed by atoms with Gasteiger partial charge in [0.2, 0.25) is 21.7 Å². The SMILES string of the molecule is COc1ccc(OC)c(S(=O)(=O)N2CCC(c3nc(-c4ccc(C)cc4)no3)CC2)c1. The molecule has 1 aromatic heterocycles. The van der Waals surface area contributed by atoms with Crippen LogP contribution in [-0.4, -0.2) is 50.2 Å². The molecule has 1 aliphatic heterocycles. The van der Waals surface area contributed by atoms with Gasteiger partial charge in [-0.3, -0.25) is 0 Å². The van der Waals surface area contributed by atoms with Crippen LogP contribution in [0.5, 0.6) is 11.5 Å². The lowest BCUT2D eigenvalue weighted by atomic mass is 9.98. The second-order valence-electron chi connectivity index (χ2n) is 7.52. The summed E-state index contributed by atoms with van der Waals surface area (Å²) < 4.78 is 43.9. The second-order valence-corrected chi connectivity index (χ2v) is 9.42. The highest BCUT2D eigenvalue weighted by Gasteiger charge is 2.34. The summed E-state index contributed by atoms with van der Waals surface area (Å²) in [6.07, 6.45) is 1.20. The quantitative estimate of drug-likeness (QED) is 0.574. The highest BCUT2D eigenvalue weighted by molar-refractivity contribution is 7.89. The van der Waals surface area contributed by atoms with E-state index in [2.05, 4.69) is 10.1 Å². The molecule has 0 N–H and O–H groups in total. The van der Waals surface area contributed by atoms with Gasteiger partial charge in [0.25, 0.3) is 0 Å². The van der Waals surface area contributed by atoms with Crippen molar-refractivity contribution >= 4 is 10.0 Å². The number of rotatable bonds is 6. The minimum atomic E-state index is -3.72. The topological polar surface area (TPSA) is 94.8 Å². The van der Waals surface area contributed by atoms with E-state index in [1.54, 1.807) is 12.1 Å². The molecular formula is C22H25N3O5S. The summed E-state index contributed by atoms with van der Waals surface area (Å²) >= 11 is 0. The number of ether oxygens (including phenoxy) is 2. The van der Waals surface area contributed by atoms with Gasteiger partial charge in [-0.1, -0.05) is 35.0 Å². The molecule has 1 aliphatic rings. The van der Waals surface area contributed by atoms with Crippen molar-refractivity contribution in [1.82, 2.24) is 14.4 Å². The molecule has 2 aromatic carbocycles. The smallest absolute Gasteiger partial charge is 0.246 e. The molecule has 9 heteroatoms. The molecule has 1 saturated heterocycles. The summed E-state index contributed by atoms with van der Waals surface area (Å²) in [4.78, 5) is 4.65. The molecule has 0 spiro atoms. The van der Waals surface area contributed by atoms with E-state index in [1.165, 1.54) is 24.6 Å². The van der Waals surface area contributed by atoms with E-state index in [1.807, 2.05) is 31.2 Å². The standard InChI is InChI=1S/C22H25N3O5S/c1-15-4-6-16(7-5-15)21-23-22(30-24-21)17-10-12-25(13-11-17)31(26,27)20-14-18(28-2)8-9-19(20)29-3/h4-9,14,17H,10-13H2,1-3H3. The number of hydrogen-bond acceptors (Lipinski definition) is 7. The van der Waals surface area contributed by atoms with E-state index in [4.69, 9.17) is 14.0 Å². The Morgan fingerprint density at radius 2 is 1.74 bits per heavy atom. The van der Waals surface area contributed by atoms with Crippen molar-refractivity contribution < 1.29 is 22.4 Å². The molecule has 0 unspecified atom stereocenters. The maximum Gasteiger partial charge on any atom is 0.246 e. The molecular weight excluding hydrogens is 418 g/mol. The van der Waals surface area contributed by atoms with Crippen LogP contribution in [0.1, 0.15) is 30.2 Å². The first-order valence-corrected chi connectivity index (χ1v) is 11.5. The van der Waals surface area contributed by atoms with E-state index < -0.39 is 10.0 Å². The number of sulfonamides is 1. The first-order valence-electron chi connectivity index (χ1n) is 10.0. The molecule has 0 atom stereocenters. The van der Waals surface area contributed by atoms with Crippen LogP contribution in [0.2, 0.25) is 0 Å². The lowest BCUT2D eigenvalue weighted by molar-refractivity contribution is 0.270. The minimum absolute atomic E-state index is 0.0188. The van der Waals surface area contributed by atoms with Gasteiger partial charge in [0, 0.05) is 30.6 Å². The number of aromatic nitrogens is 2. The summed E-state index contributed by atoms with van der Waals surface area (Å²) in [6, 6.07) is 12.7. The van der Waals surface area contributed by atoms with Crippen LogP contribution in [0.25, 0.3) is 11.4 Å². The number of hydrogen-bond donors (Lipinski definition) is 0. The van der Waals surface area contributed by atoms with Crippen LogP contribution >= 0.6 is 0 Å². The summed E-state index contributed by atoms with van der Waals surface area (Å²) in [6.45, 7) is 2.74. The van der Waals surface area contributed by atoms with Gasteiger partial charge in [-0.05, 0) is 31.9 Å². The maximum absolute atomic E-state index is 13.2. The zero-order valence-corrected chi connectivity index (χ0v) is 18.6. The van der Waals surface area contributed by atoms with Gasteiger partial charge in [-0.25, -0.2) is 8.42 Å². The normalized spacial score (nSPS) is 15.7. The van der Waals surface area contributed by atoms with E-state index in [0.29, 0.717) is 49.1 Å². The third kappa shape index (κ3) is 4.28.